The van der Waals surface area contributed by atoms with Gasteiger partial charge in [-0.3, -0.25) is 13.6 Å². The Balaban J connectivity index is 4.43. The van der Waals surface area contributed by atoms with Crippen molar-refractivity contribution >= 4 is 7.82 Å². The summed E-state index contributed by atoms with van der Waals surface area (Å²) >= 11 is 0. The number of phosphoric acid groups is 1. The summed E-state index contributed by atoms with van der Waals surface area (Å²) in [5, 5.41) is 8.94. The highest BCUT2D eigenvalue weighted by Crippen LogP contribution is 2.49. The van der Waals surface area contributed by atoms with Gasteiger partial charge in [0.15, 0.2) is 0 Å². The van der Waals surface area contributed by atoms with Crippen molar-refractivity contribution in [2.45, 2.75) is 0 Å². The number of phosphoric ester groups is 1. The average molecular weight is 429 g/mol. The van der Waals surface area contributed by atoms with Crippen LogP contribution in [0.4, 0.5) is 0 Å². The van der Waals surface area contributed by atoms with Crippen molar-refractivity contribution in [3.8, 4) is 0 Å². The minimum Gasteiger partial charge on any atom is -0.395 e. The Labute approximate surface area is 170 Å². The second-order valence-corrected chi connectivity index (χ2v) is 8.23. The molecule has 0 rings (SSSR count). The van der Waals surface area contributed by atoms with Gasteiger partial charge in [-0.2, -0.15) is 0 Å². The molecule has 0 fully saturated rings. The van der Waals surface area contributed by atoms with Crippen LogP contribution < -0.4 is 0 Å². The third kappa shape index (κ3) is 15.8. The van der Waals surface area contributed by atoms with Gasteiger partial charge in [0.25, 0.3) is 0 Å². The van der Waals surface area contributed by atoms with Crippen LogP contribution in [0.1, 0.15) is 0 Å². The summed E-state index contributed by atoms with van der Waals surface area (Å²) in [7, 11) is 5.35. The molecular weight excluding hydrogens is 389 g/mol. The first-order valence-corrected chi connectivity index (χ1v) is 11.0. The fourth-order valence-corrected chi connectivity index (χ4v) is 3.18. The Morgan fingerprint density at radius 1 is 0.643 bits per heavy atom. The predicted octanol–water partition coefficient (Wildman–Crippen LogP) is 0.225. The molecule has 0 heterocycles. The number of methoxy groups -OCH3 is 2. The highest BCUT2D eigenvalue weighted by molar-refractivity contribution is 7.48. The summed E-state index contributed by atoms with van der Waals surface area (Å²) in [6, 6.07) is 0. The van der Waals surface area contributed by atoms with Crippen LogP contribution >= 0.6 is 7.82 Å². The van der Waals surface area contributed by atoms with Crippen LogP contribution in [0.5, 0.6) is 0 Å². The Hall–Kier alpha value is -0.130. The average Bonchev–Trinajstić information content (AvgIpc) is 2.65. The van der Waals surface area contributed by atoms with Gasteiger partial charge in [0.2, 0.25) is 0 Å². The molecule has 0 aromatic rings. The second-order valence-electron chi connectivity index (χ2n) is 6.57. The molecule has 0 saturated carbocycles. The third-order valence-electron chi connectivity index (χ3n) is 4.00. The number of hydrogen-bond donors (Lipinski definition) is 1. The van der Waals surface area contributed by atoms with Crippen LogP contribution in [-0.2, 0) is 27.6 Å². The largest absolute Gasteiger partial charge is 0.474 e. The number of aliphatic hydroxyl groups excluding tert-OH is 1. The van der Waals surface area contributed by atoms with Crippen molar-refractivity contribution in [1.29, 1.82) is 0 Å². The minimum absolute atomic E-state index is 0.0583. The van der Waals surface area contributed by atoms with Gasteiger partial charge in [0.1, 0.15) is 0 Å². The molecule has 0 radical (unpaired) electrons. The maximum Gasteiger partial charge on any atom is 0.474 e. The number of hydrogen-bond acceptors (Lipinski definition) is 10. The fraction of sp³-hybridized carbons (Fsp3) is 1.00. The Kier molecular flexibility index (Phi) is 17.6. The van der Waals surface area contributed by atoms with Crippen LogP contribution in [0.15, 0.2) is 0 Å². The summed E-state index contributed by atoms with van der Waals surface area (Å²) in [5.41, 5.74) is 0. The molecule has 0 saturated heterocycles. The molecule has 0 aliphatic carbocycles. The normalized spacial score (nSPS) is 12.6. The SMILES string of the molecule is COCCN(C)CCOP(=O)(OCCN(C)CCO)OCCN(C)CCOC. The van der Waals surface area contributed by atoms with Gasteiger partial charge in [-0.25, -0.2) is 4.57 Å². The van der Waals surface area contributed by atoms with E-state index < -0.39 is 7.82 Å². The van der Waals surface area contributed by atoms with E-state index in [1.165, 1.54) is 0 Å². The Morgan fingerprint density at radius 3 is 1.29 bits per heavy atom. The van der Waals surface area contributed by atoms with Gasteiger partial charge >= 0.3 is 7.82 Å². The van der Waals surface area contributed by atoms with E-state index in [0.717, 1.165) is 13.1 Å². The smallest absolute Gasteiger partial charge is 0.395 e. The van der Waals surface area contributed by atoms with Gasteiger partial charge in [-0.1, -0.05) is 0 Å². The number of nitrogens with zero attached hydrogens (tertiary/aromatic N) is 3. The summed E-state index contributed by atoms with van der Waals surface area (Å²) in [5.74, 6) is 0. The number of ether oxygens (including phenoxy) is 2. The van der Waals surface area contributed by atoms with E-state index in [1.807, 2.05) is 35.8 Å². The molecule has 1 N–H and O–H groups in total. The number of likely N-dealkylation sites (N-methyl/N-ethyl adjacent to an activating group) is 3. The third-order valence-corrected chi connectivity index (χ3v) is 5.50. The van der Waals surface area contributed by atoms with E-state index in [9.17, 15) is 4.57 Å². The first-order chi connectivity index (χ1) is 13.4. The van der Waals surface area contributed by atoms with E-state index in [-0.39, 0.29) is 26.4 Å². The quantitative estimate of drug-likeness (QED) is 0.271. The zero-order chi connectivity index (χ0) is 21.3. The number of rotatable bonds is 20. The monoisotopic (exact) mass is 429 g/mol. The first kappa shape index (κ1) is 27.9. The van der Waals surface area contributed by atoms with Crippen molar-refractivity contribution in [2.24, 2.45) is 0 Å². The molecule has 28 heavy (non-hydrogen) atoms. The lowest BCUT2D eigenvalue weighted by Gasteiger charge is -2.23. The molecule has 0 aliphatic rings. The fourth-order valence-electron chi connectivity index (χ4n) is 2.04. The maximum atomic E-state index is 12.9. The molecule has 0 aromatic carbocycles. The minimum atomic E-state index is -3.66. The van der Waals surface area contributed by atoms with Crippen molar-refractivity contribution in [3.63, 3.8) is 0 Å². The predicted molar refractivity (Wildman–Crippen MR) is 109 cm³/mol. The second kappa shape index (κ2) is 17.7. The van der Waals surface area contributed by atoms with Crippen LogP contribution in [0, 0.1) is 0 Å². The van der Waals surface area contributed by atoms with E-state index in [4.69, 9.17) is 28.2 Å². The van der Waals surface area contributed by atoms with Gasteiger partial charge in [-0.05, 0) is 21.1 Å². The Morgan fingerprint density at radius 2 is 0.964 bits per heavy atom. The van der Waals surface area contributed by atoms with Gasteiger partial charge in [-0.15, -0.1) is 0 Å². The molecule has 170 valence electrons. The van der Waals surface area contributed by atoms with Crippen LogP contribution in [0.2, 0.25) is 0 Å². The highest BCUT2D eigenvalue weighted by atomic mass is 31.2. The molecule has 0 unspecified atom stereocenters. The van der Waals surface area contributed by atoms with Crippen molar-refractivity contribution in [1.82, 2.24) is 14.7 Å². The molecule has 0 atom stereocenters. The summed E-state index contributed by atoms with van der Waals surface area (Å²) < 4.78 is 39.5. The summed E-state index contributed by atoms with van der Waals surface area (Å²) in [6.07, 6.45) is 0. The van der Waals surface area contributed by atoms with Gasteiger partial charge in [0.05, 0.1) is 39.6 Å². The first-order valence-electron chi connectivity index (χ1n) is 9.55. The van der Waals surface area contributed by atoms with Crippen LogP contribution in [0.3, 0.4) is 0 Å². The number of aliphatic hydroxyl groups is 1. The summed E-state index contributed by atoms with van der Waals surface area (Å²) in [6.45, 7) is 5.63. The van der Waals surface area contributed by atoms with Crippen molar-refractivity contribution in [3.05, 3.63) is 0 Å². The standard InChI is InChI=1S/C17H40N3O7P/c1-18(6-12-21)9-15-25-28(22,26-16-10-19(2)7-13-23-4)27-17-11-20(3)8-14-24-5/h21H,6-17H2,1-5H3. The van der Waals surface area contributed by atoms with Gasteiger partial charge in [0, 0.05) is 53.5 Å². The zero-order valence-corrected chi connectivity index (χ0v) is 19.1. The van der Waals surface area contributed by atoms with Crippen LogP contribution in [-0.4, -0.2) is 134 Å². The highest BCUT2D eigenvalue weighted by Gasteiger charge is 2.27. The lowest BCUT2D eigenvalue weighted by molar-refractivity contribution is 0.0840. The molecule has 11 heteroatoms. The molecule has 0 aliphatic heterocycles. The van der Waals surface area contributed by atoms with E-state index >= 15 is 0 Å². The van der Waals surface area contributed by atoms with E-state index in [2.05, 4.69) is 0 Å². The molecule has 0 bridgehead atoms. The zero-order valence-electron chi connectivity index (χ0n) is 18.2. The molecular formula is C17H40N3O7P. The lowest BCUT2D eigenvalue weighted by Crippen LogP contribution is -2.28. The van der Waals surface area contributed by atoms with Crippen LogP contribution in [0.25, 0.3) is 0 Å². The lowest BCUT2D eigenvalue weighted by atomic mass is 10.5. The molecule has 0 amide bonds. The topological polar surface area (TPSA) is 93.2 Å². The maximum absolute atomic E-state index is 12.9. The summed E-state index contributed by atoms with van der Waals surface area (Å²) in [4.78, 5) is 5.91. The molecule has 0 aromatic heterocycles. The van der Waals surface area contributed by atoms with E-state index in [1.54, 1.807) is 14.2 Å². The van der Waals surface area contributed by atoms with Crippen molar-refractivity contribution < 1.29 is 32.7 Å². The Bertz CT molecular complexity index is 383. The van der Waals surface area contributed by atoms with E-state index in [0.29, 0.717) is 39.4 Å². The van der Waals surface area contributed by atoms with Crippen molar-refractivity contribution in [2.75, 3.05) is 114 Å². The van der Waals surface area contributed by atoms with Gasteiger partial charge < -0.3 is 29.3 Å². The molecule has 0 spiro atoms. The molecule has 10 nitrogen and oxygen atoms in total.